The predicted molar refractivity (Wildman–Crippen MR) is 84.5 cm³/mol. The van der Waals surface area contributed by atoms with Gasteiger partial charge in [-0.3, -0.25) is 0 Å². The maximum atomic E-state index is 8.71. The zero-order valence-corrected chi connectivity index (χ0v) is 12.8. The first kappa shape index (κ1) is 15.5. The second-order valence-electron chi connectivity index (χ2n) is 4.50. The summed E-state index contributed by atoms with van der Waals surface area (Å²) in [6.07, 6.45) is 0. The van der Waals surface area contributed by atoms with Crippen molar-refractivity contribution in [3.05, 3.63) is 63.1 Å². The van der Waals surface area contributed by atoms with E-state index in [0.717, 1.165) is 11.1 Å². The number of nitrogens with two attached hydrogens (primary N) is 1. The van der Waals surface area contributed by atoms with Gasteiger partial charge in [0.2, 0.25) is 0 Å². The molecule has 0 aliphatic rings. The summed E-state index contributed by atoms with van der Waals surface area (Å²) in [4.78, 5) is 0. The van der Waals surface area contributed by atoms with Gasteiger partial charge in [0.1, 0.15) is 12.4 Å². The molecule has 0 aromatic heterocycles. The van der Waals surface area contributed by atoms with Crippen molar-refractivity contribution in [2.75, 3.05) is 0 Å². The van der Waals surface area contributed by atoms with Crippen molar-refractivity contribution in [3.8, 4) is 5.75 Å². The van der Waals surface area contributed by atoms with Crippen LogP contribution in [-0.2, 0) is 6.61 Å². The quantitative estimate of drug-likeness (QED) is 0.387. The molecule has 3 N–H and O–H groups in total. The van der Waals surface area contributed by atoms with Crippen LogP contribution in [0.1, 0.15) is 16.7 Å². The number of benzene rings is 2. The van der Waals surface area contributed by atoms with Crippen molar-refractivity contribution in [1.29, 1.82) is 0 Å². The molecule has 0 heterocycles. The average Bonchev–Trinajstić information content (AvgIpc) is 2.49. The van der Waals surface area contributed by atoms with Gasteiger partial charge in [-0.05, 0) is 36.2 Å². The Morgan fingerprint density at radius 2 is 1.95 bits per heavy atom. The standard InChI is InChI=1S/C15H14Cl2N2O2/c1-9-2-4-11(15(18)19-20)7-14(9)21-8-10-3-5-12(16)13(17)6-10/h2-7,20H,8H2,1H3,(H2,18,19). The summed E-state index contributed by atoms with van der Waals surface area (Å²) in [6.45, 7) is 2.26. The van der Waals surface area contributed by atoms with Crippen LogP contribution in [0.3, 0.4) is 0 Å². The van der Waals surface area contributed by atoms with Crippen LogP contribution in [0.4, 0.5) is 0 Å². The van der Waals surface area contributed by atoms with Gasteiger partial charge < -0.3 is 15.7 Å². The zero-order chi connectivity index (χ0) is 15.4. The first-order valence-corrected chi connectivity index (χ1v) is 6.92. The van der Waals surface area contributed by atoms with Crippen LogP contribution in [0.2, 0.25) is 10.0 Å². The molecule has 0 unspecified atom stereocenters. The van der Waals surface area contributed by atoms with Crippen LogP contribution >= 0.6 is 23.2 Å². The highest BCUT2D eigenvalue weighted by Crippen LogP contribution is 2.25. The molecule has 21 heavy (non-hydrogen) atoms. The Kier molecular flexibility index (Phi) is 4.94. The number of nitrogens with zero attached hydrogens (tertiary/aromatic N) is 1. The van der Waals surface area contributed by atoms with Crippen molar-refractivity contribution in [2.45, 2.75) is 13.5 Å². The lowest BCUT2D eigenvalue weighted by molar-refractivity contribution is 0.304. The highest BCUT2D eigenvalue weighted by atomic mass is 35.5. The third-order valence-corrected chi connectivity index (χ3v) is 3.71. The largest absolute Gasteiger partial charge is 0.489 e. The van der Waals surface area contributed by atoms with Gasteiger partial charge in [-0.1, -0.05) is 46.6 Å². The minimum absolute atomic E-state index is 0.0365. The van der Waals surface area contributed by atoms with Crippen molar-refractivity contribution < 1.29 is 9.94 Å². The van der Waals surface area contributed by atoms with E-state index >= 15 is 0 Å². The summed E-state index contributed by atoms with van der Waals surface area (Å²) in [5, 5.41) is 12.7. The minimum Gasteiger partial charge on any atom is -0.489 e. The van der Waals surface area contributed by atoms with E-state index in [4.69, 9.17) is 38.9 Å². The van der Waals surface area contributed by atoms with E-state index in [1.54, 1.807) is 24.3 Å². The van der Waals surface area contributed by atoms with Gasteiger partial charge in [-0.25, -0.2) is 0 Å². The van der Waals surface area contributed by atoms with Crippen LogP contribution in [0.25, 0.3) is 0 Å². The molecule has 4 nitrogen and oxygen atoms in total. The maximum absolute atomic E-state index is 8.71. The van der Waals surface area contributed by atoms with Gasteiger partial charge in [0, 0.05) is 5.56 Å². The fraction of sp³-hybridized carbons (Fsp3) is 0.133. The van der Waals surface area contributed by atoms with E-state index in [9.17, 15) is 0 Å². The number of hydrogen-bond acceptors (Lipinski definition) is 3. The summed E-state index contributed by atoms with van der Waals surface area (Å²) < 4.78 is 5.76. The third kappa shape index (κ3) is 3.80. The van der Waals surface area contributed by atoms with Gasteiger partial charge in [-0.15, -0.1) is 0 Å². The number of amidine groups is 1. The summed E-state index contributed by atoms with van der Waals surface area (Å²) in [6, 6.07) is 10.7. The van der Waals surface area contributed by atoms with Gasteiger partial charge in [0.15, 0.2) is 5.84 Å². The second kappa shape index (κ2) is 6.70. The van der Waals surface area contributed by atoms with E-state index in [1.807, 2.05) is 19.1 Å². The summed E-state index contributed by atoms with van der Waals surface area (Å²) >= 11 is 11.8. The molecule has 0 bridgehead atoms. The molecule has 110 valence electrons. The molecule has 0 saturated carbocycles. The van der Waals surface area contributed by atoms with Gasteiger partial charge >= 0.3 is 0 Å². The highest BCUT2D eigenvalue weighted by Gasteiger charge is 2.06. The molecule has 0 aliphatic carbocycles. The SMILES string of the molecule is Cc1ccc(/C(N)=N/O)cc1OCc1ccc(Cl)c(Cl)c1. The normalized spacial score (nSPS) is 11.5. The molecule has 0 aliphatic heterocycles. The lowest BCUT2D eigenvalue weighted by atomic mass is 10.1. The van der Waals surface area contributed by atoms with Gasteiger partial charge in [0.05, 0.1) is 10.0 Å². The van der Waals surface area contributed by atoms with Crippen LogP contribution in [0.15, 0.2) is 41.6 Å². The lowest BCUT2D eigenvalue weighted by Gasteiger charge is -2.11. The number of halogens is 2. The van der Waals surface area contributed by atoms with E-state index in [0.29, 0.717) is 28.0 Å². The summed E-state index contributed by atoms with van der Waals surface area (Å²) in [5.41, 5.74) is 8.01. The Morgan fingerprint density at radius 1 is 1.19 bits per heavy atom. The predicted octanol–water partition coefficient (Wildman–Crippen LogP) is 3.98. The molecule has 0 spiro atoms. The molecule has 0 radical (unpaired) electrons. The van der Waals surface area contributed by atoms with E-state index < -0.39 is 0 Å². The number of oxime groups is 1. The van der Waals surface area contributed by atoms with E-state index in [2.05, 4.69) is 5.16 Å². The first-order chi connectivity index (χ1) is 10.0. The average molecular weight is 325 g/mol. The molecule has 2 rings (SSSR count). The third-order valence-electron chi connectivity index (χ3n) is 2.97. The first-order valence-electron chi connectivity index (χ1n) is 6.16. The Morgan fingerprint density at radius 3 is 2.62 bits per heavy atom. The number of ether oxygens (including phenoxy) is 1. The maximum Gasteiger partial charge on any atom is 0.170 e. The fourth-order valence-corrected chi connectivity index (χ4v) is 2.08. The Bertz CT molecular complexity index is 687. The Hall–Kier alpha value is -1.91. The minimum atomic E-state index is 0.0365. The summed E-state index contributed by atoms with van der Waals surface area (Å²) in [7, 11) is 0. The van der Waals surface area contributed by atoms with Crippen LogP contribution < -0.4 is 10.5 Å². The van der Waals surface area contributed by atoms with Crippen molar-refractivity contribution in [1.82, 2.24) is 0 Å². The molecule has 0 saturated heterocycles. The van der Waals surface area contributed by atoms with Crippen molar-refractivity contribution in [2.24, 2.45) is 10.9 Å². The molecule has 0 fully saturated rings. The lowest BCUT2D eigenvalue weighted by Crippen LogP contribution is -2.13. The molecule has 2 aromatic rings. The second-order valence-corrected chi connectivity index (χ2v) is 5.32. The molecule has 0 amide bonds. The van der Waals surface area contributed by atoms with Crippen LogP contribution in [-0.4, -0.2) is 11.0 Å². The van der Waals surface area contributed by atoms with Crippen molar-refractivity contribution >= 4 is 29.0 Å². The van der Waals surface area contributed by atoms with Crippen molar-refractivity contribution in [3.63, 3.8) is 0 Å². The molecular weight excluding hydrogens is 311 g/mol. The van der Waals surface area contributed by atoms with Gasteiger partial charge in [0.25, 0.3) is 0 Å². The topological polar surface area (TPSA) is 67.8 Å². The van der Waals surface area contributed by atoms with Crippen LogP contribution in [0.5, 0.6) is 5.75 Å². The Labute approximate surface area is 132 Å². The smallest absolute Gasteiger partial charge is 0.170 e. The number of rotatable bonds is 4. The van der Waals surface area contributed by atoms with Gasteiger partial charge in [-0.2, -0.15) is 0 Å². The highest BCUT2D eigenvalue weighted by molar-refractivity contribution is 6.42. The van der Waals surface area contributed by atoms with E-state index in [1.165, 1.54) is 0 Å². The number of hydrogen-bond donors (Lipinski definition) is 2. The fourth-order valence-electron chi connectivity index (χ4n) is 1.76. The van der Waals surface area contributed by atoms with Crippen LogP contribution in [0, 0.1) is 6.92 Å². The van der Waals surface area contributed by atoms with E-state index in [-0.39, 0.29) is 5.84 Å². The molecule has 6 heteroatoms. The zero-order valence-electron chi connectivity index (χ0n) is 11.3. The number of aryl methyl sites for hydroxylation is 1. The molecule has 0 atom stereocenters. The summed E-state index contributed by atoms with van der Waals surface area (Å²) in [5.74, 6) is 0.694. The molecular formula is C15H14Cl2N2O2. The Balaban J connectivity index is 2.17. The monoisotopic (exact) mass is 324 g/mol. The molecule has 2 aromatic carbocycles.